The summed E-state index contributed by atoms with van der Waals surface area (Å²) in [4.78, 5) is 0. The van der Waals surface area contributed by atoms with Gasteiger partial charge in [-0.3, -0.25) is 0 Å². The van der Waals surface area contributed by atoms with Crippen LogP contribution in [0.5, 0.6) is 0 Å². The van der Waals surface area contributed by atoms with Crippen LogP contribution < -0.4 is 37.2 Å². The van der Waals surface area contributed by atoms with Gasteiger partial charge < -0.3 is 37.2 Å². The zero-order valence-corrected chi connectivity index (χ0v) is 17.1. The van der Waals surface area contributed by atoms with Gasteiger partial charge in [0.1, 0.15) is 0 Å². The van der Waals surface area contributed by atoms with E-state index in [2.05, 4.69) is 47.0 Å². The van der Waals surface area contributed by atoms with Crippen LogP contribution in [0.2, 0.25) is 25.7 Å². The van der Waals surface area contributed by atoms with Crippen molar-refractivity contribution in [1.29, 1.82) is 0 Å². The molecule has 0 amide bonds. The Hall–Kier alpha value is 1.28. The number of hydrogen-bond acceptors (Lipinski definition) is 0. The third-order valence-electron chi connectivity index (χ3n) is 3.95. The molecule has 2 rings (SSSR count). The number of halogens is 3. The summed E-state index contributed by atoms with van der Waals surface area (Å²) in [7, 11) is -0.938. The molecular formula is C14H23Cl3SiTi. The van der Waals surface area contributed by atoms with Crippen molar-refractivity contribution in [1.82, 2.24) is 0 Å². The van der Waals surface area contributed by atoms with Crippen LogP contribution in [-0.2, 0) is 20.4 Å². The molecule has 2 aliphatic carbocycles. The number of hydrogen-bond donors (Lipinski definition) is 0. The molecule has 108 valence electrons. The van der Waals surface area contributed by atoms with E-state index < -0.39 is 8.07 Å². The molecule has 0 fully saturated rings. The van der Waals surface area contributed by atoms with Gasteiger partial charge in [-0.15, -0.1) is 0 Å². The largest absolute Gasteiger partial charge is 1.00 e. The van der Waals surface area contributed by atoms with Crippen LogP contribution in [0.4, 0.5) is 0 Å². The van der Waals surface area contributed by atoms with Crippen LogP contribution in [0, 0.1) is 5.92 Å². The molecule has 0 aliphatic heterocycles. The SMILES string of the molecule is CC1=[C]([Ti+3])C(C[Si](C)(C)C)C2=C1CCCC2.[Cl-].[Cl-].[Cl-]. The van der Waals surface area contributed by atoms with Crippen molar-refractivity contribution >= 4 is 8.07 Å². The van der Waals surface area contributed by atoms with Crippen molar-refractivity contribution in [3.05, 3.63) is 20.6 Å². The zero-order chi connectivity index (χ0) is 11.9. The van der Waals surface area contributed by atoms with E-state index in [0.717, 1.165) is 5.92 Å². The first kappa shape index (κ1) is 22.6. The van der Waals surface area contributed by atoms with Crippen molar-refractivity contribution in [2.75, 3.05) is 0 Å². The molecule has 2 aliphatic rings. The summed E-state index contributed by atoms with van der Waals surface area (Å²) in [6.07, 6.45) is 5.60. The van der Waals surface area contributed by atoms with Gasteiger partial charge in [0.2, 0.25) is 0 Å². The van der Waals surface area contributed by atoms with Crippen LogP contribution in [0.1, 0.15) is 32.6 Å². The van der Waals surface area contributed by atoms with Crippen molar-refractivity contribution in [2.24, 2.45) is 5.92 Å². The molecule has 1 unspecified atom stereocenters. The number of allylic oxidation sites excluding steroid dienone is 4. The standard InChI is InChI=1S/C14H23Si.3ClH.Ti/c1-11-9-12(10-15(2,3)4)14-8-6-5-7-13(11)14;;;;/h12H,5-8,10H2,1-4H3;3*1H;/q;;;;+3/p-3. The molecule has 0 bridgehead atoms. The Bertz CT molecular complexity index is 369. The van der Waals surface area contributed by atoms with E-state index >= 15 is 0 Å². The van der Waals surface area contributed by atoms with Gasteiger partial charge in [0, 0.05) is 0 Å². The second-order valence-corrected chi connectivity index (χ2v) is 12.9. The number of rotatable bonds is 2. The van der Waals surface area contributed by atoms with Crippen LogP contribution >= 0.6 is 0 Å². The van der Waals surface area contributed by atoms with E-state index in [-0.39, 0.29) is 37.2 Å². The average molecular weight is 374 g/mol. The summed E-state index contributed by atoms with van der Waals surface area (Å²) in [5, 5.41) is 0. The molecule has 0 saturated heterocycles. The van der Waals surface area contributed by atoms with E-state index in [1.165, 1.54) is 31.7 Å². The Morgan fingerprint density at radius 2 is 1.58 bits per heavy atom. The first-order valence-electron chi connectivity index (χ1n) is 6.55. The summed E-state index contributed by atoms with van der Waals surface area (Å²) >= 11 is 2.39. The van der Waals surface area contributed by atoms with Gasteiger partial charge in [-0.2, -0.15) is 0 Å². The van der Waals surface area contributed by atoms with Gasteiger partial charge in [-0.1, -0.05) is 0 Å². The van der Waals surface area contributed by atoms with Crippen molar-refractivity contribution in [2.45, 2.75) is 58.3 Å². The Morgan fingerprint density at radius 3 is 2.11 bits per heavy atom. The Morgan fingerprint density at radius 1 is 1.05 bits per heavy atom. The summed E-state index contributed by atoms with van der Waals surface area (Å²) in [5.74, 6) is 0.835. The van der Waals surface area contributed by atoms with E-state index in [1.807, 2.05) is 5.57 Å². The smallest absolute Gasteiger partial charge is 1.00 e. The van der Waals surface area contributed by atoms with Crippen LogP contribution in [-0.4, -0.2) is 8.07 Å². The molecular weight excluding hydrogens is 350 g/mol. The minimum atomic E-state index is -0.938. The van der Waals surface area contributed by atoms with Gasteiger partial charge in [0.05, 0.1) is 0 Å². The monoisotopic (exact) mass is 372 g/mol. The predicted molar refractivity (Wildman–Crippen MR) is 69.8 cm³/mol. The molecule has 0 saturated carbocycles. The van der Waals surface area contributed by atoms with Gasteiger partial charge in [0.15, 0.2) is 0 Å². The first-order chi connectivity index (χ1) is 7.40. The average Bonchev–Trinajstić information content (AvgIpc) is 2.43. The maximum atomic E-state index is 2.51. The summed E-state index contributed by atoms with van der Waals surface area (Å²) in [6, 6.07) is 1.47. The third-order valence-corrected chi connectivity index (χ3v) is 6.72. The zero-order valence-electron chi connectivity index (χ0n) is 12.2. The van der Waals surface area contributed by atoms with Crippen LogP contribution in [0.3, 0.4) is 0 Å². The van der Waals surface area contributed by atoms with E-state index in [0.29, 0.717) is 0 Å². The Balaban J connectivity index is 0. The summed E-state index contributed by atoms with van der Waals surface area (Å²) < 4.78 is 1.70. The molecule has 19 heavy (non-hydrogen) atoms. The van der Waals surface area contributed by atoms with E-state index in [4.69, 9.17) is 0 Å². The van der Waals surface area contributed by atoms with Crippen molar-refractivity contribution in [3.63, 3.8) is 0 Å². The molecule has 0 nitrogen and oxygen atoms in total. The van der Waals surface area contributed by atoms with Gasteiger partial charge >= 0.3 is 113 Å². The second-order valence-electron chi connectivity index (χ2n) is 6.57. The molecule has 0 spiro atoms. The molecule has 0 radical (unpaired) electrons. The third kappa shape index (κ3) is 5.20. The van der Waals surface area contributed by atoms with E-state index in [1.54, 1.807) is 15.0 Å². The van der Waals surface area contributed by atoms with E-state index in [9.17, 15) is 0 Å². The normalized spacial score (nSPS) is 22.3. The molecule has 0 aromatic heterocycles. The molecule has 0 aromatic rings. The first-order valence-corrected chi connectivity index (χ1v) is 11.0. The van der Waals surface area contributed by atoms with Crippen LogP contribution in [0.25, 0.3) is 0 Å². The van der Waals surface area contributed by atoms with Gasteiger partial charge in [0.25, 0.3) is 0 Å². The predicted octanol–water partition coefficient (Wildman–Crippen LogP) is -4.34. The quantitative estimate of drug-likeness (QED) is 0.430. The maximum absolute atomic E-state index is 2.51. The molecule has 0 aromatic carbocycles. The maximum Gasteiger partial charge on any atom is -1.00 e. The molecule has 0 heterocycles. The second kappa shape index (κ2) is 8.66. The molecule has 1 atom stereocenters. The Labute approximate surface area is 149 Å². The summed E-state index contributed by atoms with van der Waals surface area (Å²) in [6.45, 7) is 9.89. The van der Waals surface area contributed by atoms with Crippen molar-refractivity contribution in [3.8, 4) is 0 Å². The topological polar surface area (TPSA) is 0 Å². The van der Waals surface area contributed by atoms with Crippen LogP contribution in [0.15, 0.2) is 20.6 Å². The summed E-state index contributed by atoms with van der Waals surface area (Å²) in [5.41, 5.74) is 5.24. The fraction of sp³-hybridized carbons (Fsp3) is 0.714. The Kier molecular flexibility index (Phi) is 10.3. The van der Waals surface area contributed by atoms with Gasteiger partial charge in [-0.25, -0.2) is 0 Å². The molecule has 5 heteroatoms. The minimum absolute atomic E-state index is 0. The van der Waals surface area contributed by atoms with Crippen molar-refractivity contribution < 1.29 is 57.7 Å². The fourth-order valence-electron chi connectivity index (χ4n) is 3.18. The minimum Gasteiger partial charge on any atom is -1.00 e. The molecule has 0 N–H and O–H groups in total. The van der Waals surface area contributed by atoms with Gasteiger partial charge in [-0.05, 0) is 0 Å². The fourth-order valence-corrected chi connectivity index (χ4v) is 5.84.